The highest BCUT2D eigenvalue weighted by molar-refractivity contribution is 5.74. The fourth-order valence-corrected chi connectivity index (χ4v) is 6.35. The van der Waals surface area contributed by atoms with Crippen molar-refractivity contribution in [2.45, 2.75) is 137 Å². The number of aliphatic hydroxyl groups excluding tert-OH is 12. The highest BCUT2D eigenvalue weighted by Gasteiger charge is 2.55. The van der Waals surface area contributed by atoms with E-state index in [1.165, 1.54) is 0 Å². The molecule has 0 spiro atoms. The second-order valence-electron chi connectivity index (χ2n) is 13.1. The van der Waals surface area contributed by atoms with E-state index in [2.05, 4.69) is 16.0 Å². The van der Waals surface area contributed by atoms with E-state index in [-0.39, 0.29) is 0 Å². The third-order valence-corrected chi connectivity index (χ3v) is 9.07. The summed E-state index contributed by atoms with van der Waals surface area (Å²) >= 11 is 0. The van der Waals surface area contributed by atoms with Gasteiger partial charge in [0, 0.05) is 20.8 Å². The van der Waals surface area contributed by atoms with Crippen LogP contribution in [0.3, 0.4) is 0 Å². The Hall–Kier alpha value is -2.31. The molecule has 0 radical (unpaired) electrons. The first kappa shape index (κ1) is 46.1. The van der Waals surface area contributed by atoms with Crippen LogP contribution >= 0.6 is 0 Å². The largest absolute Gasteiger partial charge is 0.394 e. The van der Waals surface area contributed by atoms with E-state index < -0.39 is 167 Å². The van der Waals surface area contributed by atoms with Crippen LogP contribution in [-0.2, 0) is 42.8 Å². The minimum Gasteiger partial charge on any atom is -0.394 e. The van der Waals surface area contributed by atoms with Gasteiger partial charge in [-0.05, 0) is 0 Å². The van der Waals surface area contributed by atoms with E-state index in [1.54, 1.807) is 0 Å². The second-order valence-corrected chi connectivity index (χ2v) is 13.1. The summed E-state index contributed by atoms with van der Waals surface area (Å²) in [5.74, 6) is -2.20. The Morgan fingerprint density at radius 3 is 1.59 bits per heavy atom. The van der Waals surface area contributed by atoms with Crippen molar-refractivity contribution in [3.63, 3.8) is 0 Å². The lowest BCUT2D eigenvalue weighted by Crippen LogP contribution is -2.70. The summed E-state index contributed by atoms with van der Waals surface area (Å²) in [6.45, 7) is -1.42. The van der Waals surface area contributed by atoms with Crippen LogP contribution in [0.25, 0.3) is 0 Å². The zero-order valence-corrected chi connectivity index (χ0v) is 29.5. The van der Waals surface area contributed by atoms with Crippen molar-refractivity contribution < 1.29 is 104 Å². The third kappa shape index (κ3) is 11.0. The Bertz CT molecular complexity index is 1210. The summed E-state index contributed by atoms with van der Waals surface area (Å²) in [5, 5.41) is 132. The van der Waals surface area contributed by atoms with Gasteiger partial charge in [-0.3, -0.25) is 14.4 Å². The lowest BCUT2D eigenvalue weighted by molar-refractivity contribution is -0.371. The van der Waals surface area contributed by atoms with Crippen LogP contribution in [0.15, 0.2) is 0 Å². The zero-order valence-electron chi connectivity index (χ0n) is 29.5. The van der Waals surface area contributed by atoms with Crippen LogP contribution in [0.4, 0.5) is 0 Å². The van der Waals surface area contributed by atoms with Crippen LogP contribution in [0, 0.1) is 0 Å². The Morgan fingerprint density at radius 2 is 1.09 bits per heavy atom. The van der Waals surface area contributed by atoms with E-state index >= 15 is 0 Å². The monoisotopic (exact) mass is 791 g/mol. The molecule has 0 aromatic rings. The average molecular weight is 792 g/mol. The van der Waals surface area contributed by atoms with Crippen molar-refractivity contribution in [1.82, 2.24) is 16.0 Å². The normalized spacial score (nSPS) is 39.5. The van der Waals surface area contributed by atoms with Gasteiger partial charge in [0.1, 0.15) is 91.4 Å². The van der Waals surface area contributed by atoms with Crippen molar-refractivity contribution in [3.05, 3.63) is 0 Å². The number of amides is 3. The molecule has 0 saturated carbocycles. The highest BCUT2D eigenvalue weighted by atomic mass is 16.8. The summed E-state index contributed by atoms with van der Waals surface area (Å²) < 4.78 is 34.3. The molecular formula is C30H53N3O21. The maximum Gasteiger partial charge on any atom is 0.217 e. The summed E-state index contributed by atoms with van der Waals surface area (Å²) in [6.07, 6.45) is -28.9. The Labute approximate surface area is 308 Å². The molecule has 3 heterocycles. The van der Waals surface area contributed by atoms with E-state index in [0.29, 0.717) is 0 Å². The molecule has 0 aliphatic carbocycles. The number of nitrogens with one attached hydrogen (secondary N) is 3. The molecule has 0 bridgehead atoms. The minimum atomic E-state index is -2.07. The molecular weight excluding hydrogens is 738 g/mol. The van der Waals surface area contributed by atoms with Gasteiger partial charge in [0.25, 0.3) is 0 Å². The fraction of sp³-hybridized carbons (Fsp3) is 0.900. The quantitative estimate of drug-likeness (QED) is 0.0650. The van der Waals surface area contributed by atoms with Crippen molar-refractivity contribution >= 4 is 17.7 Å². The molecule has 3 rings (SSSR count). The van der Waals surface area contributed by atoms with Gasteiger partial charge in [0.05, 0.1) is 39.1 Å². The molecule has 3 saturated heterocycles. The molecule has 3 fully saturated rings. The topological polar surface area (TPSA) is 385 Å². The molecule has 0 aromatic carbocycles. The Morgan fingerprint density at radius 1 is 0.593 bits per heavy atom. The molecule has 0 aromatic heterocycles. The number of carbonyl (C=O) groups excluding carboxylic acids is 3. The number of hydrogen-bond acceptors (Lipinski definition) is 21. The summed E-state index contributed by atoms with van der Waals surface area (Å²) in [4.78, 5) is 36.0. The van der Waals surface area contributed by atoms with Crippen LogP contribution in [0.2, 0.25) is 0 Å². The number of hydrogen-bond donors (Lipinski definition) is 15. The van der Waals surface area contributed by atoms with Gasteiger partial charge in [0.2, 0.25) is 17.7 Å². The molecule has 19 unspecified atom stereocenters. The van der Waals surface area contributed by atoms with Crippen LogP contribution in [0.5, 0.6) is 0 Å². The molecule has 15 N–H and O–H groups in total. The van der Waals surface area contributed by atoms with E-state index in [1.807, 2.05) is 0 Å². The second kappa shape index (κ2) is 20.7. The van der Waals surface area contributed by atoms with E-state index in [4.69, 9.17) is 28.4 Å². The van der Waals surface area contributed by atoms with E-state index in [0.717, 1.165) is 20.8 Å². The van der Waals surface area contributed by atoms with Crippen LogP contribution in [0.1, 0.15) is 20.8 Å². The van der Waals surface area contributed by atoms with Crippen molar-refractivity contribution in [1.29, 1.82) is 0 Å². The molecule has 24 nitrogen and oxygen atoms in total. The number of carbonyl (C=O) groups is 3. The van der Waals surface area contributed by atoms with Crippen molar-refractivity contribution in [3.8, 4) is 0 Å². The molecule has 3 aliphatic heterocycles. The van der Waals surface area contributed by atoms with Gasteiger partial charge >= 0.3 is 0 Å². The maximum atomic E-state index is 12.3. The van der Waals surface area contributed by atoms with Gasteiger partial charge in [-0.2, -0.15) is 0 Å². The van der Waals surface area contributed by atoms with Crippen LogP contribution < -0.4 is 16.0 Å². The molecule has 24 heteroatoms. The molecule has 3 aliphatic rings. The molecule has 19 atom stereocenters. The van der Waals surface area contributed by atoms with E-state index in [9.17, 15) is 75.7 Å². The van der Waals surface area contributed by atoms with Gasteiger partial charge in [-0.1, -0.05) is 0 Å². The van der Waals surface area contributed by atoms with Gasteiger partial charge < -0.3 is 106 Å². The van der Waals surface area contributed by atoms with Gasteiger partial charge in [-0.25, -0.2) is 0 Å². The highest BCUT2D eigenvalue weighted by Crippen LogP contribution is 2.33. The average Bonchev–Trinajstić information content (AvgIpc) is 3.12. The lowest BCUT2D eigenvalue weighted by atomic mass is 9.94. The van der Waals surface area contributed by atoms with Gasteiger partial charge in [-0.15, -0.1) is 0 Å². The SMILES string of the molecule is CC(=O)NC(CO)C(OC1OC(CO)C(OC2OC(CO)C(O)C(OC3OC(CO)C(O)C(O)C3NC(C)=O)C2O)C(O)C1NC(C)=O)C(O)C(O)CO. The lowest BCUT2D eigenvalue weighted by Gasteiger charge is -2.49. The van der Waals surface area contributed by atoms with Gasteiger partial charge in [0.15, 0.2) is 18.9 Å². The van der Waals surface area contributed by atoms with Crippen LogP contribution in [-0.4, -0.2) is 228 Å². The first-order chi connectivity index (χ1) is 25.4. The maximum absolute atomic E-state index is 12.3. The number of ether oxygens (including phenoxy) is 6. The predicted molar refractivity (Wildman–Crippen MR) is 171 cm³/mol. The molecule has 3 amide bonds. The first-order valence-electron chi connectivity index (χ1n) is 17.0. The predicted octanol–water partition coefficient (Wildman–Crippen LogP) is -9.68. The molecule has 54 heavy (non-hydrogen) atoms. The van der Waals surface area contributed by atoms with Crippen molar-refractivity contribution in [2.75, 3.05) is 33.0 Å². The minimum absolute atomic E-state index is 0.708. The molecule has 314 valence electrons. The summed E-state index contributed by atoms with van der Waals surface area (Å²) in [7, 11) is 0. The number of rotatable bonds is 17. The number of aliphatic hydroxyl groups is 12. The standard InChI is InChI=1S/C30H53N3O21/c1-9(39)31-12(4-34)25(19(43)13(42)5-35)52-29-18(33-11(3)41)23(47)26(16(8-38)51-29)53-30-24(48)27(21(45)15(7-37)50-30)54-28-17(32-10(2)40)22(46)20(44)14(6-36)49-28/h12-30,34-38,42-48H,4-8H2,1-3H3,(H,31,39)(H,32,40)(H,33,41). The smallest absolute Gasteiger partial charge is 0.217 e. The fourth-order valence-electron chi connectivity index (χ4n) is 6.35. The Kier molecular flexibility index (Phi) is 17.7. The first-order valence-corrected chi connectivity index (χ1v) is 17.0. The summed E-state index contributed by atoms with van der Waals surface area (Å²) in [6, 6.07) is -4.65. The van der Waals surface area contributed by atoms with Crippen molar-refractivity contribution in [2.24, 2.45) is 0 Å². The Balaban J connectivity index is 1.93. The third-order valence-electron chi connectivity index (χ3n) is 9.07. The zero-order chi connectivity index (χ0) is 40.6. The summed E-state index contributed by atoms with van der Waals surface area (Å²) in [5.41, 5.74) is 0.